The van der Waals surface area contributed by atoms with Gasteiger partial charge in [-0.2, -0.15) is 0 Å². The van der Waals surface area contributed by atoms with Crippen molar-refractivity contribution in [3.63, 3.8) is 0 Å². The van der Waals surface area contributed by atoms with Gasteiger partial charge in [0.05, 0.1) is 24.8 Å². The number of β-amino-alcohol motifs (C(OH)–C–C–N with tert-alkyl or cyclic N) is 1. The summed E-state index contributed by atoms with van der Waals surface area (Å²) in [6.45, 7) is 3.44. The molecule has 0 aliphatic carbocycles. The van der Waals surface area contributed by atoms with E-state index < -0.39 is 23.8 Å². The molecule has 0 radical (unpaired) electrons. The van der Waals surface area contributed by atoms with Crippen molar-refractivity contribution in [2.45, 2.75) is 26.0 Å². The molecule has 1 fully saturated rings. The van der Waals surface area contributed by atoms with Crippen LogP contribution in [0.2, 0.25) is 0 Å². The van der Waals surface area contributed by atoms with Crippen LogP contribution in [0, 0.1) is 6.92 Å². The van der Waals surface area contributed by atoms with Gasteiger partial charge in [0.15, 0.2) is 0 Å². The van der Waals surface area contributed by atoms with Crippen LogP contribution in [0.5, 0.6) is 5.75 Å². The first-order valence-corrected chi connectivity index (χ1v) is 9.01. The number of amides is 1. The lowest BCUT2D eigenvalue weighted by molar-refractivity contribution is -0.140. The van der Waals surface area contributed by atoms with E-state index in [4.69, 9.17) is 4.74 Å². The predicted octanol–water partition coefficient (Wildman–Crippen LogP) is 2.81. The highest BCUT2D eigenvalue weighted by Crippen LogP contribution is 2.39. The van der Waals surface area contributed by atoms with Gasteiger partial charge >= 0.3 is 0 Å². The second-order valence-electron chi connectivity index (χ2n) is 6.94. The molecule has 0 saturated carbocycles. The molecule has 1 heterocycles. The van der Waals surface area contributed by atoms with Crippen LogP contribution in [0.1, 0.15) is 29.7 Å². The molecule has 0 spiro atoms. The summed E-state index contributed by atoms with van der Waals surface area (Å²) in [5, 5.41) is 20.7. The van der Waals surface area contributed by atoms with E-state index in [1.54, 1.807) is 50.4 Å². The quantitative estimate of drug-likeness (QED) is 0.472. The zero-order valence-electron chi connectivity index (χ0n) is 16.0. The zero-order valence-corrected chi connectivity index (χ0v) is 16.0. The molecule has 2 aromatic carbocycles. The van der Waals surface area contributed by atoms with Crippen molar-refractivity contribution < 1.29 is 24.5 Å². The van der Waals surface area contributed by atoms with E-state index >= 15 is 0 Å². The van der Waals surface area contributed by atoms with Gasteiger partial charge < -0.3 is 19.8 Å². The van der Waals surface area contributed by atoms with Gasteiger partial charge in [-0.15, -0.1) is 0 Å². The van der Waals surface area contributed by atoms with Crippen molar-refractivity contribution >= 4 is 17.4 Å². The molecule has 28 heavy (non-hydrogen) atoms. The van der Waals surface area contributed by atoms with Crippen LogP contribution in [0.3, 0.4) is 0 Å². The second-order valence-corrected chi connectivity index (χ2v) is 6.94. The molecule has 2 atom stereocenters. The lowest BCUT2D eigenvalue weighted by Gasteiger charge is -2.26. The molecule has 1 aliphatic rings. The number of benzene rings is 2. The molecular formula is C22H23NO5. The van der Waals surface area contributed by atoms with E-state index in [0.29, 0.717) is 16.9 Å². The largest absolute Gasteiger partial charge is 0.507 e. The van der Waals surface area contributed by atoms with Crippen LogP contribution in [0.4, 0.5) is 0 Å². The Kier molecular flexibility index (Phi) is 5.51. The Morgan fingerprint density at radius 2 is 1.71 bits per heavy atom. The lowest BCUT2D eigenvalue weighted by Crippen LogP contribution is -2.35. The fraction of sp³-hybridized carbons (Fsp3) is 0.273. The molecule has 3 rings (SSSR count). The third-order valence-electron chi connectivity index (χ3n) is 4.76. The fourth-order valence-corrected chi connectivity index (χ4v) is 3.35. The molecular weight excluding hydrogens is 358 g/mol. The number of aryl methyl sites for hydroxylation is 1. The summed E-state index contributed by atoms with van der Waals surface area (Å²) in [4.78, 5) is 26.7. The summed E-state index contributed by atoms with van der Waals surface area (Å²) < 4.78 is 5.17. The molecule has 1 aliphatic heterocycles. The number of ether oxygens (including phenoxy) is 1. The molecule has 2 aromatic rings. The van der Waals surface area contributed by atoms with Gasteiger partial charge in [0.1, 0.15) is 11.5 Å². The minimum absolute atomic E-state index is 0.0136. The predicted molar refractivity (Wildman–Crippen MR) is 105 cm³/mol. The van der Waals surface area contributed by atoms with Crippen molar-refractivity contribution in [1.82, 2.24) is 4.90 Å². The molecule has 6 nitrogen and oxygen atoms in total. The number of carbonyl (C=O) groups excluding carboxylic acids is 2. The van der Waals surface area contributed by atoms with Crippen molar-refractivity contribution in [1.29, 1.82) is 0 Å². The monoisotopic (exact) mass is 381 g/mol. The summed E-state index contributed by atoms with van der Waals surface area (Å²) in [6.07, 6.45) is -0.821. The first kappa shape index (κ1) is 19.6. The SMILES string of the molecule is COc1ccc([C@@H]2C(=C(O)c3ccc(C)cc3)C(=O)C(=O)N2C[C@H](C)O)cc1. The highest BCUT2D eigenvalue weighted by Gasteiger charge is 2.46. The summed E-state index contributed by atoms with van der Waals surface area (Å²) in [5.74, 6) is -1.10. The third-order valence-corrected chi connectivity index (χ3v) is 4.76. The average molecular weight is 381 g/mol. The average Bonchev–Trinajstić information content (AvgIpc) is 2.92. The highest BCUT2D eigenvalue weighted by atomic mass is 16.5. The molecule has 146 valence electrons. The number of aliphatic hydroxyl groups excluding tert-OH is 2. The van der Waals surface area contributed by atoms with Gasteiger partial charge in [-0.3, -0.25) is 9.59 Å². The van der Waals surface area contributed by atoms with Crippen LogP contribution in [-0.2, 0) is 9.59 Å². The number of nitrogens with zero attached hydrogens (tertiary/aromatic N) is 1. The Bertz CT molecular complexity index is 913. The summed E-state index contributed by atoms with van der Waals surface area (Å²) in [6, 6.07) is 13.2. The zero-order chi connectivity index (χ0) is 20.4. The number of aliphatic hydroxyl groups is 2. The van der Waals surface area contributed by atoms with E-state index in [2.05, 4.69) is 0 Å². The number of rotatable bonds is 5. The smallest absolute Gasteiger partial charge is 0.295 e. The van der Waals surface area contributed by atoms with Gasteiger partial charge in [-0.1, -0.05) is 42.0 Å². The number of ketones is 1. The number of carbonyl (C=O) groups is 2. The van der Waals surface area contributed by atoms with Crippen LogP contribution in [0.15, 0.2) is 54.1 Å². The maximum absolute atomic E-state index is 12.8. The molecule has 0 unspecified atom stereocenters. The number of Topliss-reactive ketones (excluding diaryl/α,β-unsaturated/α-hetero) is 1. The Labute approximate surface area is 163 Å². The van der Waals surface area contributed by atoms with Crippen molar-refractivity contribution in [3.05, 3.63) is 70.8 Å². The normalized spacial score (nSPS) is 19.7. The topological polar surface area (TPSA) is 87.1 Å². The van der Waals surface area contributed by atoms with Gasteiger partial charge in [-0.05, 0) is 31.5 Å². The minimum atomic E-state index is -0.821. The Morgan fingerprint density at radius 1 is 1.11 bits per heavy atom. The van der Waals surface area contributed by atoms with E-state index in [0.717, 1.165) is 5.56 Å². The van der Waals surface area contributed by atoms with E-state index in [-0.39, 0.29) is 17.9 Å². The third kappa shape index (κ3) is 3.64. The number of hydrogen-bond acceptors (Lipinski definition) is 5. The van der Waals surface area contributed by atoms with E-state index in [9.17, 15) is 19.8 Å². The van der Waals surface area contributed by atoms with E-state index in [1.807, 2.05) is 19.1 Å². The van der Waals surface area contributed by atoms with Crippen LogP contribution in [-0.4, -0.2) is 46.6 Å². The molecule has 0 aromatic heterocycles. The number of methoxy groups -OCH3 is 1. The minimum Gasteiger partial charge on any atom is -0.507 e. The van der Waals surface area contributed by atoms with Crippen LogP contribution in [0.25, 0.3) is 5.76 Å². The summed E-state index contributed by atoms with van der Waals surface area (Å²) in [7, 11) is 1.55. The Balaban J connectivity index is 2.16. The van der Waals surface area contributed by atoms with Crippen LogP contribution >= 0.6 is 0 Å². The van der Waals surface area contributed by atoms with Crippen molar-refractivity contribution in [2.24, 2.45) is 0 Å². The van der Waals surface area contributed by atoms with Gasteiger partial charge in [0.2, 0.25) is 0 Å². The molecule has 6 heteroatoms. The number of hydrogen-bond donors (Lipinski definition) is 2. The molecule has 1 saturated heterocycles. The fourth-order valence-electron chi connectivity index (χ4n) is 3.35. The highest BCUT2D eigenvalue weighted by molar-refractivity contribution is 6.46. The van der Waals surface area contributed by atoms with Crippen molar-refractivity contribution in [2.75, 3.05) is 13.7 Å². The Hall–Kier alpha value is -3.12. The Morgan fingerprint density at radius 3 is 2.25 bits per heavy atom. The number of likely N-dealkylation sites (tertiary alicyclic amines) is 1. The van der Waals surface area contributed by atoms with Gasteiger partial charge in [0, 0.05) is 12.1 Å². The summed E-state index contributed by atoms with van der Waals surface area (Å²) in [5.41, 5.74) is 2.13. The first-order chi connectivity index (χ1) is 13.3. The summed E-state index contributed by atoms with van der Waals surface area (Å²) >= 11 is 0. The van der Waals surface area contributed by atoms with Gasteiger partial charge in [-0.25, -0.2) is 0 Å². The van der Waals surface area contributed by atoms with Gasteiger partial charge in [0.25, 0.3) is 11.7 Å². The van der Waals surface area contributed by atoms with E-state index in [1.165, 1.54) is 4.90 Å². The standard InChI is InChI=1S/C22H23NO5/c1-13-4-6-16(7-5-13)20(25)18-19(15-8-10-17(28-3)11-9-15)23(12-14(2)24)22(27)21(18)26/h4-11,14,19,24-25H,12H2,1-3H3/t14-,19+/m0/s1. The van der Waals surface area contributed by atoms with Crippen LogP contribution < -0.4 is 4.74 Å². The molecule has 1 amide bonds. The maximum Gasteiger partial charge on any atom is 0.295 e. The second kappa shape index (κ2) is 7.86. The van der Waals surface area contributed by atoms with Crippen molar-refractivity contribution in [3.8, 4) is 5.75 Å². The first-order valence-electron chi connectivity index (χ1n) is 9.01. The lowest BCUT2D eigenvalue weighted by atomic mass is 9.95. The molecule has 0 bridgehead atoms. The molecule has 2 N–H and O–H groups in total. The maximum atomic E-state index is 12.8.